The van der Waals surface area contributed by atoms with Gasteiger partial charge in [0.05, 0.1) is 13.2 Å². The summed E-state index contributed by atoms with van der Waals surface area (Å²) in [6, 6.07) is 8.11. The fourth-order valence-corrected chi connectivity index (χ4v) is 3.37. The van der Waals surface area contributed by atoms with Crippen LogP contribution in [0.5, 0.6) is 0 Å². The highest BCUT2D eigenvalue weighted by atomic mass is 127. The Labute approximate surface area is 197 Å². The predicted octanol–water partition coefficient (Wildman–Crippen LogP) is 2.75. The molecular weight excluding hydrogens is 524 g/mol. The fraction of sp³-hybridized carbons (Fsp3) is 0.500. The number of morpholine rings is 1. The lowest BCUT2D eigenvalue weighted by atomic mass is 10.1. The Morgan fingerprint density at radius 1 is 1.10 bits per heavy atom. The van der Waals surface area contributed by atoms with Gasteiger partial charge in [0, 0.05) is 58.6 Å². The maximum absolute atomic E-state index is 13.1. The van der Waals surface area contributed by atoms with E-state index in [1.54, 1.807) is 7.05 Å². The number of hydrogen-bond donors (Lipinski definition) is 2. The number of aromatic nitrogens is 2. The molecule has 1 saturated heterocycles. The molecule has 1 aliphatic rings. The standard InChI is InChI=1S/C20H27F3N6O.HI/c1-24-19(26-12-17-13-28(2)27-18(17)20(21,22)23)25-11-15-5-3-4-6-16(15)14-29-7-9-30-10-8-29;/h3-6,13H,7-12,14H2,1-2H3,(H2,24,25,26);1H. The molecule has 2 N–H and O–H groups in total. The first-order valence-electron chi connectivity index (χ1n) is 9.78. The third-order valence-corrected chi connectivity index (χ3v) is 4.91. The van der Waals surface area contributed by atoms with Crippen LogP contribution in [0.1, 0.15) is 22.4 Å². The van der Waals surface area contributed by atoms with E-state index in [2.05, 4.69) is 31.7 Å². The number of ether oxygens (including phenoxy) is 1. The summed E-state index contributed by atoms with van der Waals surface area (Å²) >= 11 is 0. The zero-order valence-corrected chi connectivity index (χ0v) is 19.9. The van der Waals surface area contributed by atoms with E-state index in [1.807, 2.05) is 18.2 Å². The van der Waals surface area contributed by atoms with Crippen molar-refractivity contribution in [3.05, 3.63) is 52.8 Å². The molecule has 0 spiro atoms. The number of nitrogens with one attached hydrogen (secondary N) is 2. The van der Waals surface area contributed by atoms with Gasteiger partial charge in [0.1, 0.15) is 0 Å². The normalized spacial score (nSPS) is 15.5. The van der Waals surface area contributed by atoms with E-state index in [-0.39, 0.29) is 36.1 Å². The van der Waals surface area contributed by atoms with Crippen molar-refractivity contribution >= 4 is 29.9 Å². The SMILES string of the molecule is CN=C(NCc1ccccc1CN1CCOCC1)NCc1cn(C)nc1C(F)(F)F.I. The summed E-state index contributed by atoms with van der Waals surface area (Å²) in [4.78, 5) is 6.46. The molecule has 0 bridgehead atoms. The van der Waals surface area contributed by atoms with Crippen molar-refractivity contribution in [2.24, 2.45) is 12.0 Å². The Bertz CT molecular complexity index is 865. The third-order valence-electron chi connectivity index (χ3n) is 4.91. The van der Waals surface area contributed by atoms with Gasteiger partial charge in [0.25, 0.3) is 0 Å². The van der Waals surface area contributed by atoms with Crippen LogP contribution >= 0.6 is 24.0 Å². The van der Waals surface area contributed by atoms with Crippen LogP contribution in [0, 0.1) is 0 Å². The van der Waals surface area contributed by atoms with Crippen LogP contribution in [0.25, 0.3) is 0 Å². The Kier molecular flexibility index (Phi) is 9.56. The van der Waals surface area contributed by atoms with Gasteiger partial charge in [-0.3, -0.25) is 14.6 Å². The molecule has 1 aromatic carbocycles. The minimum Gasteiger partial charge on any atom is -0.379 e. The summed E-state index contributed by atoms with van der Waals surface area (Å²) in [5.74, 6) is 0.424. The number of alkyl halides is 3. The maximum Gasteiger partial charge on any atom is 0.435 e. The number of aliphatic imine (C=N–C) groups is 1. The predicted molar refractivity (Wildman–Crippen MR) is 123 cm³/mol. The molecule has 0 amide bonds. The highest BCUT2D eigenvalue weighted by Crippen LogP contribution is 2.30. The van der Waals surface area contributed by atoms with Crippen LogP contribution in [0.3, 0.4) is 0 Å². The molecule has 0 unspecified atom stereocenters. The average Bonchev–Trinajstić information content (AvgIpc) is 3.11. The van der Waals surface area contributed by atoms with Gasteiger partial charge in [-0.05, 0) is 11.1 Å². The minimum atomic E-state index is -4.49. The number of rotatable bonds is 6. The Balaban J connectivity index is 0.00000341. The number of halogens is 4. The average molecular weight is 552 g/mol. The van der Waals surface area contributed by atoms with Gasteiger partial charge in [-0.1, -0.05) is 24.3 Å². The number of guanidine groups is 1. The minimum absolute atomic E-state index is 0. The smallest absolute Gasteiger partial charge is 0.379 e. The van der Waals surface area contributed by atoms with Gasteiger partial charge >= 0.3 is 6.18 Å². The van der Waals surface area contributed by atoms with Gasteiger partial charge in [-0.15, -0.1) is 24.0 Å². The Morgan fingerprint density at radius 2 is 1.71 bits per heavy atom. The van der Waals surface area contributed by atoms with E-state index < -0.39 is 11.9 Å². The molecule has 3 rings (SSSR count). The van der Waals surface area contributed by atoms with Crippen LogP contribution in [0.15, 0.2) is 35.5 Å². The second-order valence-corrected chi connectivity index (χ2v) is 7.11. The van der Waals surface area contributed by atoms with Crippen molar-refractivity contribution < 1.29 is 17.9 Å². The molecule has 1 aliphatic heterocycles. The lowest BCUT2D eigenvalue weighted by molar-refractivity contribution is -0.142. The number of hydrogen-bond acceptors (Lipinski definition) is 4. The zero-order valence-electron chi connectivity index (χ0n) is 17.6. The molecule has 0 saturated carbocycles. The molecule has 1 aromatic heterocycles. The number of aryl methyl sites for hydroxylation is 1. The topological polar surface area (TPSA) is 66.7 Å². The first-order chi connectivity index (χ1) is 14.4. The fourth-order valence-electron chi connectivity index (χ4n) is 3.37. The lowest BCUT2D eigenvalue weighted by Crippen LogP contribution is -2.38. The second-order valence-electron chi connectivity index (χ2n) is 7.11. The van der Waals surface area contributed by atoms with E-state index in [0.717, 1.165) is 43.1 Å². The molecule has 0 radical (unpaired) electrons. The van der Waals surface area contributed by atoms with Crippen LogP contribution < -0.4 is 10.6 Å². The third kappa shape index (κ3) is 7.35. The molecule has 2 aromatic rings. The monoisotopic (exact) mass is 552 g/mol. The zero-order chi connectivity index (χ0) is 21.6. The van der Waals surface area contributed by atoms with Crippen LogP contribution in [-0.4, -0.2) is 54.0 Å². The van der Waals surface area contributed by atoms with Crippen molar-refractivity contribution in [2.45, 2.75) is 25.8 Å². The summed E-state index contributed by atoms with van der Waals surface area (Å²) in [7, 11) is 3.06. The molecule has 172 valence electrons. The first-order valence-corrected chi connectivity index (χ1v) is 9.78. The Hall–Kier alpha value is -1.86. The largest absolute Gasteiger partial charge is 0.435 e. The first kappa shape index (κ1) is 25.4. The van der Waals surface area contributed by atoms with E-state index in [0.29, 0.717) is 12.5 Å². The van der Waals surface area contributed by atoms with Crippen LogP contribution in [-0.2, 0) is 37.6 Å². The second kappa shape index (κ2) is 11.7. The van der Waals surface area contributed by atoms with Crippen molar-refractivity contribution in [3.8, 4) is 0 Å². The summed E-state index contributed by atoms with van der Waals surface area (Å²) in [6.45, 7) is 4.60. The molecular formula is C20H28F3IN6O. The van der Waals surface area contributed by atoms with Gasteiger partial charge in [0.2, 0.25) is 0 Å². The molecule has 0 aliphatic carbocycles. The summed E-state index contributed by atoms with van der Waals surface area (Å²) < 4.78 is 45.9. The highest BCUT2D eigenvalue weighted by Gasteiger charge is 2.36. The molecule has 11 heteroatoms. The summed E-state index contributed by atoms with van der Waals surface area (Å²) in [5, 5.41) is 9.65. The van der Waals surface area contributed by atoms with Crippen LogP contribution in [0.4, 0.5) is 13.2 Å². The van der Waals surface area contributed by atoms with E-state index in [1.165, 1.54) is 18.8 Å². The van der Waals surface area contributed by atoms with Gasteiger partial charge < -0.3 is 15.4 Å². The lowest BCUT2D eigenvalue weighted by Gasteiger charge is -2.27. The van der Waals surface area contributed by atoms with Crippen molar-refractivity contribution in [3.63, 3.8) is 0 Å². The molecule has 31 heavy (non-hydrogen) atoms. The van der Waals surface area contributed by atoms with Crippen molar-refractivity contribution in [2.75, 3.05) is 33.4 Å². The maximum atomic E-state index is 13.1. The number of benzene rings is 1. The van der Waals surface area contributed by atoms with Gasteiger partial charge in [0.15, 0.2) is 11.7 Å². The van der Waals surface area contributed by atoms with Gasteiger partial charge in [-0.25, -0.2) is 0 Å². The van der Waals surface area contributed by atoms with Crippen molar-refractivity contribution in [1.82, 2.24) is 25.3 Å². The Morgan fingerprint density at radius 3 is 2.32 bits per heavy atom. The molecule has 7 nitrogen and oxygen atoms in total. The van der Waals surface area contributed by atoms with Crippen molar-refractivity contribution in [1.29, 1.82) is 0 Å². The molecule has 0 atom stereocenters. The quantitative estimate of drug-likeness (QED) is 0.328. The van der Waals surface area contributed by atoms with Gasteiger partial charge in [-0.2, -0.15) is 18.3 Å². The number of nitrogens with zero attached hydrogens (tertiary/aromatic N) is 4. The molecule has 2 heterocycles. The summed E-state index contributed by atoms with van der Waals surface area (Å²) in [6.07, 6.45) is -3.13. The van der Waals surface area contributed by atoms with E-state index >= 15 is 0 Å². The van der Waals surface area contributed by atoms with E-state index in [9.17, 15) is 13.2 Å². The van der Waals surface area contributed by atoms with E-state index in [4.69, 9.17) is 4.74 Å². The summed E-state index contributed by atoms with van der Waals surface area (Å²) in [5.41, 5.74) is 1.50. The molecule has 1 fully saturated rings. The highest BCUT2D eigenvalue weighted by molar-refractivity contribution is 14.0. The van der Waals surface area contributed by atoms with Crippen LogP contribution in [0.2, 0.25) is 0 Å².